The average molecular weight is 341 g/mol. The molecule has 0 aliphatic rings. The van der Waals surface area contributed by atoms with Gasteiger partial charge in [0.1, 0.15) is 12.3 Å². The average Bonchev–Trinajstić information content (AvgIpc) is 2.57. The van der Waals surface area contributed by atoms with E-state index in [2.05, 4.69) is 17.6 Å². The number of nitrogens with one attached hydrogen (secondary N) is 2. The number of hydrogen-bond donors (Lipinski definition) is 2. The van der Waals surface area contributed by atoms with E-state index in [-0.39, 0.29) is 18.4 Å². The second-order valence-corrected chi connectivity index (χ2v) is 6.49. The lowest BCUT2D eigenvalue weighted by Crippen LogP contribution is -2.45. The molecule has 0 saturated heterocycles. The van der Waals surface area contributed by atoms with Gasteiger partial charge >= 0.3 is 0 Å². The van der Waals surface area contributed by atoms with Gasteiger partial charge in [-0.05, 0) is 13.3 Å². The first-order chi connectivity index (χ1) is 11.6. The summed E-state index contributed by atoms with van der Waals surface area (Å²) in [6.45, 7) is 3.85. The molecule has 5 heteroatoms. The summed E-state index contributed by atoms with van der Waals surface area (Å²) in [5.41, 5.74) is 0. The van der Waals surface area contributed by atoms with Gasteiger partial charge in [0, 0.05) is 6.42 Å². The van der Waals surface area contributed by atoms with E-state index in [1.807, 2.05) is 0 Å². The zero-order valence-electron chi connectivity index (χ0n) is 15.6. The predicted molar refractivity (Wildman–Crippen MR) is 97.8 cm³/mol. The van der Waals surface area contributed by atoms with Crippen molar-refractivity contribution in [1.29, 1.82) is 0 Å². The third kappa shape index (κ3) is 14.2. The Balaban J connectivity index is 3.42. The summed E-state index contributed by atoms with van der Waals surface area (Å²) < 4.78 is 0. The molecule has 0 unspecified atom stereocenters. The van der Waals surface area contributed by atoms with Crippen LogP contribution in [0.5, 0.6) is 0 Å². The van der Waals surface area contributed by atoms with Gasteiger partial charge in [0.15, 0.2) is 0 Å². The molecule has 0 radical (unpaired) electrons. The number of rotatable bonds is 16. The molecule has 0 fully saturated rings. The van der Waals surface area contributed by atoms with Gasteiger partial charge in [0.2, 0.25) is 11.8 Å². The van der Waals surface area contributed by atoms with Gasteiger partial charge in [-0.15, -0.1) is 0 Å². The molecule has 0 spiro atoms. The molecule has 0 aliphatic heterocycles. The monoisotopic (exact) mass is 340 g/mol. The quantitative estimate of drug-likeness (QED) is 0.333. The maximum absolute atomic E-state index is 11.7. The highest BCUT2D eigenvalue weighted by atomic mass is 16.2. The maximum Gasteiger partial charge on any atom is 0.242 e. The van der Waals surface area contributed by atoms with Gasteiger partial charge in [-0.25, -0.2) is 0 Å². The van der Waals surface area contributed by atoms with Crippen LogP contribution in [-0.2, 0) is 14.4 Å². The summed E-state index contributed by atoms with van der Waals surface area (Å²) in [6, 6.07) is -0.592. The number of aldehydes is 1. The highest BCUT2D eigenvalue weighted by Gasteiger charge is 2.14. The smallest absolute Gasteiger partial charge is 0.242 e. The minimum absolute atomic E-state index is 0.0162. The van der Waals surface area contributed by atoms with E-state index in [0.29, 0.717) is 12.7 Å². The second kappa shape index (κ2) is 16.5. The molecule has 2 N–H and O–H groups in total. The van der Waals surface area contributed by atoms with Crippen LogP contribution >= 0.6 is 0 Å². The highest BCUT2D eigenvalue weighted by molar-refractivity contribution is 5.88. The first kappa shape index (κ1) is 22.6. The Hall–Kier alpha value is -1.39. The molecular formula is C19H36N2O3. The molecule has 24 heavy (non-hydrogen) atoms. The first-order valence-corrected chi connectivity index (χ1v) is 9.62. The lowest BCUT2D eigenvalue weighted by Gasteiger charge is -2.12. The molecular weight excluding hydrogens is 304 g/mol. The fraction of sp³-hybridized carbons (Fsp3) is 0.842. The molecule has 0 aromatic carbocycles. The molecule has 0 saturated carbocycles. The SMILES string of the molecule is CCCCCCCCCCCCCC(=O)N[C@H](C)C(=O)NCC=O. The molecule has 2 amide bonds. The third-order valence-electron chi connectivity index (χ3n) is 4.14. The second-order valence-electron chi connectivity index (χ2n) is 6.49. The Bertz CT molecular complexity index is 346. The van der Waals surface area contributed by atoms with E-state index in [1.54, 1.807) is 6.92 Å². The van der Waals surface area contributed by atoms with Gasteiger partial charge in [0.05, 0.1) is 6.54 Å². The number of hydrogen-bond acceptors (Lipinski definition) is 3. The Labute approximate surface area is 147 Å². The fourth-order valence-corrected chi connectivity index (χ4v) is 2.62. The highest BCUT2D eigenvalue weighted by Crippen LogP contribution is 2.11. The van der Waals surface area contributed by atoms with E-state index in [1.165, 1.54) is 57.8 Å². The number of carbonyl (C=O) groups excluding carboxylic acids is 3. The van der Waals surface area contributed by atoms with Crippen molar-refractivity contribution in [3.63, 3.8) is 0 Å². The Kier molecular flexibility index (Phi) is 15.5. The fourth-order valence-electron chi connectivity index (χ4n) is 2.62. The van der Waals surface area contributed by atoms with E-state index in [0.717, 1.165) is 12.8 Å². The van der Waals surface area contributed by atoms with Crippen molar-refractivity contribution < 1.29 is 14.4 Å². The summed E-state index contributed by atoms with van der Waals surface area (Å²) in [5.74, 6) is -0.422. The molecule has 140 valence electrons. The van der Waals surface area contributed by atoms with Crippen LogP contribution in [0.4, 0.5) is 0 Å². The number of amides is 2. The van der Waals surface area contributed by atoms with Crippen molar-refractivity contribution in [2.75, 3.05) is 6.54 Å². The number of carbonyl (C=O) groups is 3. The van der Waals surface area contributed by atoms with Crippen LogP contribution in [0.25, 0.3) is 0 Å². The lowest BCUT2D eigenvalue weighted by molar-refractivity contribution is -0.129. The van der Waals surface area contributed by atoms with Crippen LogP contribution in [0.15, 0.2) is 0 Å². The van der Waals surface area contributed by atoms with Crippen LogP contribution < -0.4 is 10.6 Å². The van der Waals surface area contributed by atoms with Crippen LogP contribution in [0, 0.1) is 0 Å². The van der Waals surface area contributed by atoms with E-state index in [4.69, 9.17) is 0 Å². The lowest BCUT2D eigenvalue weighted by atomic mass is 10.1. The molecule has 0 bridgehead atoms. The van der Waals surface area contributed by atoms with Crippen molar-refractivity contribution in [2.45, 2.75) is 96.9 Å². The minimum atomic E-state index is -0.592. The van der Waals surface area contributed by atoms with E-state index < -0.39 is 6.04 Å². The van der Waals surface area contributed by atoms with Crippen LogP contribution in [0.3, 0.4) is 0 Å². The van der Waals surface area contributed by atoms with Gasteiger partial charge < -0.3 is 15.4 Å². The van der Waals surface area contributed by atoms with Crippen LogP contribution in [-0.4, -0.2) is 30.7 Å². The summed E-state index contributed by atoms with van der Waals surface area (Å²) in [7, 11) is 0. The van der Waals surface area contributed by atoms with Crippen molar-refractivity contribution in [3.8, 4) is 0 Å². The normalized spacial score (nSPS) is 11.8. The van der Waals surface area contributed by atoms with Crippen LogP contribution in [0.2, 0.25) is 0 Å². The summed E-state index contributed by atoms with van der Waals surface area (Å²) in [5, 5.41) is 5.08. The van der Waals surface area contributed by atoms with Gasteiger partial charge in [-0.3, -0.25) is 9.59 Å². The molecule has 0 heterocycles. The van der Waals surface area contributed by atoms with E-state index >= 15 is 0 Å². The predicted octanol–water partition coefficient (Wildman–Crippen LogP) is 3.51. The van der Waals surface area contributed by atoms with Crippen molar-refractivity contribution in [3.05, 3.63) is 0 Å². The van der Waals surface area contributed by atoms with Crippen molar-refractivity contribution in [1.82, 2.24) is 10.6 Å². The van der Waals surface area contributed by atoms with Crippen molar-refractivity contribution in [2.24, 2.45) is 0 Å². The standard InChI is InChI=1S/C19H36N2O3/c1-3-4-5-6-7-8-9-10-11-12-13-14-18(23)21-17(2)19(24)20-15-16-22/h16-17H,3-15H2,1-2H3,(H,20,24)(H,21,23)/t17-/m1/s1. The topological polar surface area (TPSA) is 75.3 Å². The maximum atomic E-state index is 11.7. The van der Waals surface area contributed by atoms with Crippen molar-refractivity contribution >= 4 is 18.1 Å². The van der Waals surface area contributed by atoms with Gasteiger partial charge in [-0.2, -0.15) is 0 Å². The zero-order valence-corrected chi connectivity index (χ0v) is 15.6. The van der Waals surface area contributed by atoms with Gasteiger partial charge in [0.25, 0.3) is 0 Å². The van der Waals surface area contributed by atoms with E-state index in [9.17, 15) is 14.4 Å². The molecule has 5 nitrogen and oxygen atoms in total. The molecule has 0 aromatic heterocycles. The third-order valence-corrected chi connectivity index (χ3v) is 4.14. The summed E-state index contributed by atoms with van der Waals surface area (Å²) >= 11 is 0. The molecule has 0 rings (SSSR count). The van der Waals surface area contributed by atoms with Crippen LogP contribution in [0.1, 0.15) is 90.9 Å². The minimum Gasteiger partial charge on any atom is -0.348 e. The van der Waals surface area contributed by atoms with Gasteiger partial charge in [-0.1, -0.05) is 71.1 Å². The molecule has 0 aromatic rings. The molecule has 1 atom stereocenters. The number of unbranched alkanes of at least 4 members (excludes halogenated alkanes) is 10. The largest absolute Gasteiger partial charge is 0.348 e. The summed E-state index contributed by atoms with van der Waals surface area (Å²) in [4.78, 5) is 33.4. The zero-order chi connectivity index (χ0) is 18.0. The molecule has 0 aliphatic carbocycles. The Morgan fingerprint density at radius 2 is 1.38 bits per heavy atom. The Morgan fingerprint density at radius 1 is 0.875 bits per heavy atom. The Morgan fingerprint density at radius 3 is 1.88 bits per heavy atom. The summed E-state index contributed by atoms with van der Waals surface area (Å²) in [6.07, 6.45) is 14.8. The first-order valence-electron chi connectivity index (χ1n) is 9.62.